The Balaban J connectivity index is 2.75. The number of aromatic nitrogens is 2. The third-order valence-corrected chi connectivity index (χ3v) is 13.7. The lowest BCUT2D eigenvalue weighted by Gasteiger charge is -2.28. The number of carbonyl (C=O) groups is 13. The number of rotatable bonds is 20. The molecule has 1 aromatic rings. The second-order valence-electron chi connectivity index (χ2n) is 21.5. The van der Waals surface area contributed by atoms with Crippen molar-refractivity contribution < 1.29 is 72.5 Å². The number of carbonyl (C=O) groups excluding carboxylic acids is 12. The summed E-state index contributed by atoms with van der Waals surface area (Å²) in [6.45, 7) is 8.70. The number of hydrogen-bond acceptors (Lipinski definition) is 18. The first kappa shape index (κ1) is 74.0. The van der Waals surface area contributed by atoms with Gasteiger partial charge in [0.15, 0.2) is 5.96 Å². The number of imidazole rings is 1. The Hall–Kier alpha value is -8.14. The van der Waals surface area contributed by atoms with Crippen molar-refractivity contribution >= 4 is 94.6 Å². The molecule has 0 radical (unpaired) electrons. The van der Waals surface area contributed by atoms with Gasteiger partial charge in [0, 0.05) is 50.8 Å². The second kappa shape index (κ2) is 38.0. The minimum Gasteiger partial charge on any atom is -0.481 e. The first-order chi connectivity index (χ1) is 40.5. The lowest BCUT2D eigenvalue weighted by molar-refractivity contribution is -0.139. The summed E-state index contributed by atoms with van der Waals surface area (Å²) in [5.41, 5.74) is 22.7. The van der Waals surface area contributed by atoms with Crippen LogP contribution in [0.1, 0.15) is 111 Å². The molecule has 34 heteroatoms. The van der Waals surface area contributed by atoms with Crippen molar-refractivity contribution in [3.05, 3.63) is 18.2 Å². The van der Waals surface area contributed by atoms with Crippen LogP contribution in [-0.4, -0.2) is 201 Å². The molecule has 0 aliphatic carbocycles. The molecule has 11 atom stereocenters. The highest BCUT2D eigenvalue weighted by atomic mass is 32.2. The van der Waals surface area contributed by atoms with Gasteiger partial charge in [-0.3, -0.25) is 67.3 Å². The zero-order chi connectivity index (χ0) is 64.8. The highest BCUT2D eigenvalue weighted by Crippen LogP contribution is 2.12. The number of amides is 12. The van der Waals surface area contributed by atoms with E-state index in [1.54, 1.807) is 34.0 Å². The van der Waals surface area contributed by atoms with Crippen LogP contribution in [0.5, 0.6) is 0 Å². The predicted molar refractivity (Wildman–Crippen MR) is 313 cm³/mol. The molecule has 0 aromatic carbocycles. The molecule has 33 nitrogen and oxygen atoms in total. The Bertz CT molecular complexity index is 2510. The van der Waals surface area contributed by atoms with Gasteiger partial charge in [-0.05, 0) is 82.6 Å². The fourth-order valence-electron chi connectivity index (χ4n) is 8.49. The van der Waals surface area contributed by atoms with Crippen LogP contribution in [0.3, 0.4) is 0 Å². The zero-order valence-corrected chi connectivity index (χ0v) is 50.4. The van der Waals surface area contributed by atoms with Crippen LogP contribution in [0.15, 0.2) is 17.5 Å². The summed E-state index contributed by atoms with van der Waals surface area (Å²) < 4.78 is 0. The van der Waals surface area contributed by atoms with E-state index in [4.69, 9.17) is 22.9 Å². The predicted octanol–water partition coefficient (Wildman–Crippen LogP) is -6.29. The van der Waals surface area contributed by atoms with Gasteiger partial charge in [0.1, 0.15) is 60.4 Å². The first-order valence-electron chi connectivity index (χ1n) is 28.2. The van der Waals surface area contributed by atoms with E-state index in [2.05, 4.69) is 73.4 Å². The van der Waals surface area contributed by atoms with Crippen molar-refractivity contribution in [1.82, 2.24) is 68.5 Å². The molecule has 0 saturated carbocycles. The average Bonchev–Trinajstić information content (AvgIpc) is 3.27. The second-order valence-corrected chi connectivity index (χ2v) is 22.5. The van der Waals surface area contributed by atoms with Crippen LogP contribution < -0.4 is 81.4 Å². The number of aromatic amines is 1. The zero-order valence-electron chi connectivity index (χ0n) is 49.6. The molecule has 1 saturated heterocycles. The number of thioether (sulfide) groups is 1. The van der Waals surface area contributed by atoms with Gasteiger partial charge in [-0.15, -0.1) is 0 Å². The molecule has 12 amide bonds. The molecule has 1 fully saturated rings. The van der Waals surface area contributed by atoms with E-state index < -0.39 is 169 Å². The van der Waals surface area contributed by atoms with Crippen molar-refractivity contribution in [3.8, 4) is 0 Å². The number of guanidine groups is 1. The van der Waals surface area contributed by atoms with Gasteiger partial charge in [-0.2, -0.15) is 11.8 Å². The van der Waals surface area contributed by atoms with Crippen molar-refractivity contribution in [2.75, 3.05) is 31.6 Å². The minimum atomic E-state index is -1.74. The monoisotopic (exact) mass is 1240 g/mol. The lowest BCUT2D eigenvalue weighted by atomic mass is 10.0. The van der Waals surface area contributed by atoms with E-state index in [0.717, 1.165) is 6.92 Å². The van der Waals surface area contributed by atoms with Crippen LogP contribution >= 0.6 is 11.8 Å². The van der Waals surface area contributed by atoms with Crippen molar-refractivity contribution in [2.45, 2.75) is 179 Å². The van der Waals surface area contributed by atoms with Gasteiger partial charge in [0.2, 0.25) is 70.9 Å². The average molecular weight is 1240 g/mol. The van der Waals surface area contributed by atoms with Crippen molar-refractivity contribution in [2.24, 2.45) is 39.8 Å². The Kier molecular flexibility index (Phi) is 32.7. The maximum Gasteiger partial charge on any atom is 0.303 e. The van der Waals surface area contributed by atoms with Gasteiger partial charge in [0.05, 0.1) is 18.9 Å². The van der Waals surface area contributed by atoms with Crippen LogP contribution in [0.2, 0.25) is 0 Å². The number of aliphatic imine (C=N–C) groups is 1. The van der Waals surface area contributed by atoms with Gasteiger partial charge in [0.25, 0.3) is 0 Å². The number of primary amides is 1. The summed E-state index contributed by atoms with van der Waals surface area (Å²) in [5, 5.41) is 47.7. The summed E-state index contributed by atoms with van der Waals surface area (Å²) in [6, 6.07) is -15.2. The number of nitrogens with zero attached hydrogens (tertiary/aromatic N) is 2. The molecule has 0 unspecified atom stereocenters. The smallest absolute Gasteiger partial charge is 0.303 e. The van der Waals surface area contributed by atoms with Gasteiger partial charge >= 0.3 is 5.97 Å². The van der Waals surface area contributed by atoms with Crippen molar-refractivity contribution in [3.63, 3.8) is 0 Å². The molecule has 86 heavy (non-hydrogen) atoms. The highest BCUT2D eigenvalue weighted by Gasteiger charge is 2.37. The fraction of sp³-hybridized carbons (Fsp3) is 0.673. The van der Waals surface area contributed by atoms with E-state index in [-0.39, 0.29) is 88.0 Å². The van der Waals surface area contributed by atoms with E-state index in [1.165, 1.54) is 31.2 Å². The molecular formula is C52H88N18O15S. The Morgan fingerprint density at radius 2 is 1.13 bits per heavy atom. The Morgan fingerprint density at radius 1 is 0.640 bits per heavy atom. The largest absolute Gasteiger partial charge is 0.481 e. The quantitative estimate of drug-likeness (QED) is 0.0328. The van der Waals surface area contributed by atoms with E-state index in [9.17, 15) is 72.5 Å². The molecule has 0 bridgehead atoms. The molecule has 1 aliphatic heterocycles. The molecule has 482 valence electrons. The number of carboxylic acid groups (broad SMARTS) is 1. The minimum absolute atomic E-state index is 0.0173. The topological polar surface area (TPSA) is 540 Å². The summed E-state index contributed by atoms with van der Waals surface area (Å²) in [5.74, 6) is -13.4. The van der Waals surface area contributed by atoms with Crippen molar-refractivity contribution in [1.29, 1.82) is 0 Å². The Labute approximate surface area is 502 Å². The SMILES string of the molecule is CSCC[C@@H]1NC(=O)[C@H](CCCN=C(N)N)NC(=O)[C@H](CCC(=O)O)NC(=O)[C@H]([C@@H](C)O)NC(=O)CCCNC(=O)[C@H](CN)NC(=O)[C@H](CC(C)C)NC(=O)[C@H](CC(N)=O)NC(=O)[C@H](Cc2cnc[nH]2)NC(=O)[C@H](CC(C)C)NC(=O)[C@H](C)NC1=O. The van der Waals surface area contributed by atoms with Crippen LogP contribution in [0.4, 0.5) is 0 Å². The number of H-pyrrole nitrogens is 1. The normalized spacial score (nSPS) is 25.1. The summed E-state index contributed by atoms with van der Waals surface area (Å²) in [7, 11) is 0. The van der Waals surface area contributed by atoms with E-state index in [1.807, 2.05) is 0 Å². The van der Waals surface area contributed by atoms with Gasteiger partial charge in [-0.1, -0.05) is 27.7 Å². The molecule has 22 N–H and O–H groups in total. The standard InChI is InChI=1S/C52H88N18O15S/c1-25(2)18-33-47(81)67-35(20-29-23-57-24-60-29)49(83)68-36(21-38(54)72)50(84)66-34(19-26(3)4)48(82)69-37(22-53)43(77)58-15-9-11-39(73)70-41(28(6)71)51(85)64-31(12-13-40(74)75)46(80)62-30(10-8-16-59-52(55)56)45(79)63-32(14-17-86-7)44(78)61-27(5)42(76)65-33/h23-28,30-37,41,71H,8-22,53H2,1-7H3,(H2,54,72)(H,57,60)(H,58,77)(H,61,78)(H,62,80)(H,63,79)(H,64,85)(H,65,76)(H,66,84)(H,67,81)(H,68,83)(H,69,82)(H,70,73)(H,74,75)(H4,55,56,59)/t27-,28+,30-,31-,32-,33-,34-,35-,36-,37-,41-/m0/s1. The van der Waals surface area contributed by atoms with Gasteiger partial charge in [-0.25, -0.2) is 4.98 Å². The third kappa shape index (κ3) is 27.7. The number of aliphatic hydroxyl groups is 1. The fourth-order valence-corrected chi connectivity index (χ4v) is 8.96. The number of hydrogen-bond donors (Lipinski definition) is 18. The number of nitrogens with two attached hydrogens (primary N) is 4. The maximum atomic E-state index is 14.3. The summed E-state index contributed by atoms with van der Waals surface area (Å²) in [4.78, 5) is 188. The van der Waals surface area contributed by atoms with Crippen LogP contribution in [0.25, 0.3) is 0 Å². The maximum absolute atomic E-state index is 14.3. The van der Waals surface area contributed by atoms with Crippen LogP contribution in [0, 0.1) is 11.8 Å². The highest BCUT2D eigenvalue weighted by molar-refractivity contribution is 7.98. The van der Waals surface area contributed by atoms with Crippen LogP contribution in [-0.2, 0) is 68.7 Å². The molecule has 1 aromatic heterocycles. The first-order valence-corrected chi connectivity index (χ1v) is 29.6. The third-order valence-electron chi connectivity index (χ3n) is 13.0. The number of nitrogens with one attached hydrogen (secondary N) is 12. The van der Waals surface area contributed by atoms with Gasteiger partial charge < -0.3 is 96.6 Å². The van der Waals surface area contributed by atoms with E-state index >= 15 is 0 Å². The molecule has 2 heterocycles. The molecular weight excluding hydrogens is 1150 g/mol. The lowest BCUT2D eigenvalue weighted by Crippen LogP contribution is -2.61. The number of aliphatic carboxylic acids is 1. The Morgan fingerprint density at radius 3 is 1.65 bits per heavy atom. The molecule has 1 aliphatic rings. The molecule has 2 rings (SSSR count). The number of aliphatic hydroxyl groups excluding tert-OH is 1. The number of carboxylic acids is 1. The molecule has 0 spiro atoms. The summed E-state index contributed by atoms with van der Waals surface area (Å²) in [6.07, 6.45) is -0.179. The van der Waals surface area contributed by atoms with E-state index in [0.29, 0.717) is 5.69 Å². The summed E-state index contributed by atoms with van der Waals surface area (Å²) >= 11 is 1.31.